The van der Waals surface area contributed by atoms with E-state index in [1.807, 2.05) is 11.4 Å². The van der Waals surface area contributed by atoms with Crippen LogP contribution in [0.15, 0.2) is 17.5 Å². The van der Waals surface area contributed by atoms with Crippen molar-refractivity contribution in [2.45, 2.75) is 39.2 Å². The Morgan fingerprint density at radius 2 is 2.19 bits per heavy atom. The lowest BCUT2D eigenvalue weighted by Crippen LogP contribution is -2.15. The van der Waals surface area contributed by atoms with Crippen molar-refractivity contribution < 1.29 is 0 Å². The second-order valence-electron chi connectivity index (χ2n) is 5.40. The fraction of sp³-hybridized carbons (Fsp3) is 0.400. The van der Waals surface area contributed by atoms with Crippen molar-refractivity contribution >= 4 is 22.9 Å². The van der Waals surface area contributed by atoms with E-state index in [0.29, 0.717) is 5.78 Å². The van der Waals surface area contributed by atoms with E-state index >= 15 is 0 Å². The Kier molecular flexibility index (Phi) is 3.11. The van der Waals surface area contributed by atoms with Gasteiger partial charge in [0.2, 0.25) is 0 Å². The molecule has 4 rings (SSSR count). The summed E-state index contributed by atoms with van der Waals surface area (Å²) < 4.78 is 1.87. The van der Waals surface area contributed by atoms with Crippen LogP contribution < -0.4 is 5.32 Å². The first-order valence-electron chi connectivity index (χ1n) is 7.32. The van der Waals surface area contributed by atoms with E-state index in [9.17, 15) is 0 Å². The van der Waals surface area contributed by atoms with Crippen molar-refractivity contribution in [1.82, 2.24) is 19.6 Å². The molecule has 0 fully saturated rings. The molecule has 3 aromatic heterocycles. The Hall–Kier alpha value is -1.95. The number of nitrogens with one attached hydrogen (secondary N) is 1. The van der Waals surface area contributed by atoms with Gasteiger partial charge in [-0.25, -0.2) is 4.98 Å². The summed E-state index contributed by atoms with van der Waals surface area (Å²) in [6.45, 7) is 2.73. The first-order valence-corrected chi connectivity index (χ1v) is 8.20. The van der Waals surface area contributed by atoms with Crippen LogP contribution in [0.2, 0.25) is 0 Å². The Morgan fingerprint density at radius 3 is 3.05 bits per heavy atom. The third-order valence-electron chi connectivity index (χ3n) is 3.88. The van der Waals surface area contributed by atoms with Gasteiger partial charge in [0.1, 0.15) is 11.6 Å². The average Bonchev–Trinajstić information content (AvgIpc) is 3.11. The molecule has 0 atom stereocenters. The predicted octanol–water partition coefficient (Wildman–Crippen LogP) is 2.99. The number of hydrogen-bond acceptors (Lipinski definition) is 5. The minimum atomic E-state index is 0.710. The molecule has 21 heavy (non-hydrogen) atoms. The van der Waals surface area contributed by atoms with E-state index in [4.69, 9.17) is 4.98 Å². The average molecular weight is 299 g/mol. The van der Waals surface area contributed by atoms with Gasteiger partial charge >= 0.3 is 0 Å². The number of rotatable bonds is 3. The fourth-order valence-corrected chi connectivity index (χ4v) is 3.55. The lowest BCUT2D eigenvalue weighted by atomic mass is 9.96. The molecule has 3 heterocycles. The van der Waals surface area contributed by atoms with Gasteiger partial charge in [0.15, 0.2) is 0 Å². The van der Waals surface area contributed by atoms with E-state index in [1.165, 1.54) is 29.0 Å². The van der Waals surface area contributed by atoms with E-state index in [1.54, 1.807) is 11.3 Å². The van der Waals surface area contributed by atoms with Gasteiger partial charge in [-0.1, -0.05) is 6.07 Å². The Bertz CT molecular complexity index is 775. The highest BCUT2D eigenvalue weighted by Gasteiger charge is 2.20. The van der Waals surface area contributed by atoms with Crippen LogP contribution in [0.25, 0.3) is 5.78 Å². The number of thiophene rings is 1. The highest BCUT2D eigenvalue weighted by molar-refractivity contribution is 7.09. The van der Waals surface area contributed by atoms with Gasteiger partial charge in [-0.05, 0) is 44.1 Å². The lowest BCUT2D eigenvalue weighted by Gasteiger charge is -2.19. The molecule has 1 aliphatic rings. The third-order valence-corrected chi connectivity index (χ3v) is 4.75. The van der Waals surface area contributed by atoms with Crippen LogP contribution in [0, 0.1) is 6.92 Å². The number of aryl methyl sites for hydroxylation is 2. The molecule has 0 radical (unpaired) electrons. The van der Waals surface area contributed by atoms with Crippen molar-refractivity contribution in [3.63, 3.8) is 0 Å². The van der Waals surface area contributed by atoms with Crippen molar-refractivity contribution in [2.24, 2.45) is 0 Å². The molecule has 0 spiro atoms. The van der Waals surface area contributed by atoms with E-state index in [0.717, 1.165) is 31.0 Å². The van der Waals surface area contributed by atoms with Gasteiger partial charge in [0, 0.05) is 10.4 Å². The molecule has 0 unspecified atom stereocenters. The molecule has 3 aromatic rings. The van der Waals surface area contributed by atoms with Gasteiger partial charge in [0.25, 0.3) is 5.78 Å². The van der Waals surface area contributed by atoms with Gasteiger partial charge in [-0.2, -0.15) is 9.50 Å². The highest BCUT2D eigenvalue weighted by Crippen LogP contribution is 2.27. The molecule has 0 aromatic carbocycles. The van der Waals surface area contributed by atoms with E-state index < -0.39 is 0 Å². The largest absolute Gasteiger partial charge is 0.365 e. The summed E-state index contributed by atoms with van der Waals surface area (Å²) in [6, 6.07) is 4.23. The molecule has 5 nitrogen and oxygen atoms in total. The van der Waals surface area contributed by atoms with Crippen LogP contribution in [0.3, 0.4) is 0 Å². The summed E-state index contributed by atoms with van der Waals surface area (Å²) in [5, 5.41) is 10.2. The number of fused-ring (bicyclic) bond motifs is 2. The van der Waals surface area contributed by atoms with Crippen molar-refractivity contribution in [3.05, 3.63) is 39.5 Å². The zero-order chi connectivity index (χ0) is 14.2. The first kappa shape index (κ1) is 12.8. The molecular weight excluding hydrogens is 282 g/mol. The normalized spacial score (nSPS) is 14.3. The molecule has 108 valence electrons. The molecule has 0 saturated carbocycles. The number of hydrogen-bond donors (Lipinski definition) is 1. The van der Waals surface area contributed by atoms with Gasteiger partial charge < -0.3 is 5.32 Å². The molecular formula is C15H17N5S. The van der Waals surface area contributed by atoms with Crippen LogP contribution in [0.5, 0.6) is 0 Å². The molecule has 0 aliphatic heterocycles. The topological polar surface area (TPSA) is 55.1 Å². The molecule has 1 N–H and O–H groups in total. The second kappa shape index (κ2) is 5.11. The zero-order valence-electron chi connectivity index (χ0n) is 12.0. The summed E-state index contributed by atoms with van der Waals surface area (Å²) in [5.41, 5.74) is 2.50. The summed E-state index contributed by atoms with van der Waals surface area (Å²) in [5.74, 6) is 2.55. The SMILES string of the molecule is Cc1nc2nc3c(c(NCc4cccs4)n2n1)CCCC3. The Labute approximate surface area is 127 Å². The first-order chi connectivity index (χ1) is 10.3. The van der Waals surface area contributed by atoms with Gasteiger partial charge in [0.05, 0.1) is 12.2 Å². The lowest BCUT2D eigenvalue weighted by molar-refractivity contribution is 0.660. The number of nitrogens with zero attached hydrogens (tertiary/aromatic N) is 4. The zero-order valence-corrected chi connectivity index (χ0v) is 12.8. The maximum atomic E-state index is 4.69. The molecule has 0 bridgehead atoms. The third kappa shape index (κ3) is 2.29. The number of anilines is 1. The maximum absolute atomic E-state index is 4.69. The van der Waals surface area contributed by atoms with Crippen LogP contribution in [-0.2, 0) is 19.4 Å². The van der Waals surface area contributed by atoms with Crippen molar-refractivity contribution in [3.8, 4) is 0 Å². The van der Waals surface area contributed by atoms with Crippen LogP contribution in [0.4, 0.5) is 5.82 Å². The van der Waals surface area contributed by atoms with E-state index in [-0.39, 0.29) is 0 Å². The smallest absolute Gasteiger partial charge is 0.254 e. The fourth-order valence-electron chi connectivity index (χ4n) is 2.91. The quantitative estimate of drug-likeness (QED) is 0.808. The van der Waals surface area contributed by atoms with E-state index in [2.05, 4.69) is 32.9 Å². The monoisotopic (exact) mass is 299 g/mol. The minimum Gasteiger partial charge on any atom is -0.365 e. The Morgan fingerprint density at radius 1 is 1.29 bits per heavy atom. The van der Waals surface area contributed by atoms with Gasteiger partial charge in [-0.15, -0.1) is 16.4 Å². The highest BCUT2D eigenvalue weighted by atomic mass is 32.1. The molecule has 6 heteroatoms. The minimum absolute atomic E-state index is 0.710. The van der Waals surface area contributed by atoms with Crippen LogP contribution >= 0.6 is 11.3 Å². The standard InChI is InChI=1S/C15H17N5S/c1-10-17-15-18-13-7-3-2-6-12(13)14(20(15)19-10)16-9-11-5-4-8-21-11/h4-5,8,16H,2-3,6-7,9H2,1H3. The maximum Gasteiger partial charge on any atom is 0.254 e. The second-order valence-corrected chi connectivity index (χ2v) is 6.43. The Balaban J connectivity index is 1.80. The van der Waals surface area contributed by atoms with Gasteiger partial charge in [-0.3, -0.25) is 0 Å². The molecule has 1 aliphatic carbocycles. The summed E-state index contributed by atoms with van der Waals surface area (Å²) in [6.07, 6.45) is 4.56. The molecule has 0 amide bonds. The van der Waals surface area contributed by atoms with Crippen molar-refractivity contribution in [2.75, 3.05) is 5.32 Å². The summed E-state index contributed by atoms with van der Waals surface area (Å²) in [7, 11) is 0. The van der Waals surface area contributed by atoms with Crippen molar-refractivity contribution in [1.29, 1.82) is 0 Å². The van der Waals surface area contributed by atoms with Crippen LogP contribution in [0.1, 0.15) is 34.8 Å². The van der Waals surface area contributed by atoms with Crippen LogP contribution in [-0.4, -0.2) is 19.6 Å². The summed E-state index contributed by atoms with van der Waals surface area (Å²) in [4.78, 5) is 10.4. The predicted molar refractivity (Wildman–Crippen MR) is 83.8 cm³/mol. The molecule has 0 saturated heterocycles. The number of aromatic nitrogens is 4. The summed E-state index contributed by atoms with van der Waals surface area (Å²) >= 11 is 1.77.